The third-order valence-corrected chi connectivity index (χ3v) is 3.57. The molecule has 0 N–H and O–H groups in total. The summed E-state index contributed by atoms with van der Waals surface area (Å²) in [6, 6.07) is 10.3. The SMILES string of the molecule is O=CN1CCN(c2ccc(-c3ccncn3)cc2)CC1. The van der Waals surface area contributed by atoms with Crippen LogP contribution in [0.3, 0.4) is 0 Å². The molecule has 5 heteroatoms. The summed E-state index contributed by atoms with van der Waals surface area (Å²) in [5, 5.41) is 0. The molecule has 0 aliphatic carbocycles. The van der Waals surface area contributed by atoms with E-state index in [9.17, 15) is 4.79 Å². The van der Waals surface area contributed by atoms with Crippen LogP contribution in [0.1, 0.15) is 0 Å². The van der Waals surface area contributed by atoms with Crippen molar-refractivity contribution in [3.8, 4) is 11.3 Å². The van der Waals surface area contributed by atoms with Gasteiger partial charge in [-0.1, -0.05) is 12.1 Å². The van der Waals surface area contributed by atoms with Crippen molar-refractivity contribution >= 4 is 12.1 Å². The van der Waals surface area contributed by atoms with Gasteiger partial charge in [-0.2, -0.15) is 0 Å². The molecule has 2 aromatic rings. The standard InChI is InChI=1S/C15H16N4O/c20-12-18-7-9-19(10-8-18)14-3-1-13(2-4-14)15-5-6-16-11-17-15/h1-6,11-12H,7-10H2. The summed E-state index contributed by atoms with van der Waals surface area (Å²) in [4.78, 5) is 23.0. The van der Waals surface area contributed by atoms with Crippen LogP contribution < -0.4 is 4.90 Å². The zero-order valence-corrected chi connectivity index (χ0v) is 11.1. The van der Waals surface area contributed by atoms with Crippen LogP contribution in [-0.4, -0.2) is 47.5 Å². The lowest BCUT2D eigenvalue weighted by Crippen LogP contribution is -2.45. The molecule has 1 aromatic heterocycles. The van der Waals surface area contributed by atoms with E-state index in [2.05, 4.69) is 39.1 Å². The van der Waals surface area contributed by atoms with Gasteiger partial charge in [0.25, 0.3) is 0 Å². The lowest BCUT2D eigenvalue weighted by Gasteiger charge is -2.34. The normalized spacial score (nSPS) is 15.2. The number of hydrogen-bond donors (Lipinski definition) is 0. The second kappa shape index (κ2) is 5.69. The summed E-state index contributed by atoms with van der Waals surface area (Å²) >= 11 is 0. The van der Waals surface area contributed by atoms with Gasteiger partial charge in [0.2, 0.25) is 6.41 Å². The monoisotopic (exact) mass is 268 g/mol. The maximum Gasteiger partial charge on any atom is 0.209 e. The van der Waals surface area contributed by atoms with Crippen LogP contribution >= 0.6 is 0 Å². The molecule has 0 radical (unpaired) electrons. The Morgan fingerprint density at radius 2 is 1.75 bits per heavy atom. The van der Waals surface area contributed by atoms with Gasteiger partial charge in [-0.3, -0.25) is 4.79 Å². The molecule has 5 nitrogen and oxygen atoms in total. The van der Waals surface area contributed by atoms with Crippen molar-refractivity contribution in [3.63, 3.8) is 0 Å². The van der Waals surface area contributed by atoms with Gasteiger partial charge in [0.05, 0.1) is 5.69 Å². The highest BCUT2D eigenvalue weighted by molar-refractivity contribution is 5.63. The van der Waals surface area contributed by atoms with Crippen molar-refractivity contribution in [2.24, 2.45) is 0 Å². The molecular formula is C15H16N4O. The molecular weight excluding hydrogens is 252 g/mol. The Hall–Kier alpha value is -2.43. The van der Waals surface area contributed by atoms with E-state index in [1.54, 1.807) is 12.5 Å². The highest BCUT2D eigenvalue weighted by Crippen LogP contribution is 2.22. The summed E-state index contributed by atoms with van der Waals surface area (Å²) in [6.07, 6.45) is 4.23. The zero-order valence-electron chi connectivity index (χ0n) is 11.1. The first-order valence-corrected chi connectivity index (χ1v) is 6.67. The van der Waals surface area contributed by atoms with E-state index >= 15 is 0 Å². The molecule has 0 bridgehead atoms. The number of hydrogen-bond acceptors (Lipinski definition) is 4. The fraction of sp³-hybridized carbons (Fsp3) is 0.267. The van der Waals surface area contributed by atoms with E-state index in [1.165, 1.54) is 5.69 Å². The minimum absolute atomic E-state index is 0.789. The number of nitrogens with zero attached hydrogens (tertiary/aromatic N) is 4. The number of piperazine rings is 1. The Bertz CT molecular complexity index is 562. The highest BCUT2D eigenvalue weighted by atomic mass is 16.1. The highest BCUT2D eigenvalue weighted by Gasteiger charge is 2.15. The van der Waals surface area contributed by atoms with Crippen LogP contribution in [0.4, 0.5) is 5.69 Å². The first-order chi connectivity index (χ1) is 9.86. The van der Waals surface area contributed by atoms with Gasteiger partial charge in [0.15, 0.2) is 0 Å². The van der Waals surface area contributed by atoms with Gasteiger partial charge in [-0.25, -0.2) is 9.97 Å². The topological polar surface area (TPSA) is 49.3 Å². The molecule has 1 aromatic carbocycles. The second-order valence-electron chi connectivity index (χ2n) is 4.77. The van der Waals surface area contributed by atoms with Crippen LogP contribution in [0.15, 0.2) is 42.9 Å². The second-order valence-corrected chi connectivity index (χ2v) is 4.77. The minimum atomic E-state index is 0.789. The molecule has 20 heavy (non-hydrogen) atoms. The number of carbonyl (C=O) groups is 1. The predicted molar refractivity (Wildman–Crippen MR) is 77.3 cm³/mol. The fourth-order valence-electron chi connectivity index (χ4n) is 2.39. The van der Waals surface area contributed by atoms with Crippen molar-refractivity contribution in [3.05, 3.63) is 42.9 Å². The number of anilines is 1. The number of carbonyl (C=O) groups excluding carboxylic acids is 1. The minimum Gasteiger partial charge on any atom is -0.368 e. The summed E-state index contributed by atoms with van der Waals surface area (Å²) in [5.74, 6) is 0. The Balaban J connectivity index is 1.72. The van der Waals surface area contributed by atoms with Gasteiger partial charge in [-0.15, -0.1) is 0 Å². The largest absolute Gasteiger partial charge is 0.368 e. The smallest absolute Gasteiger partial charge is 0.209 e. The first-order valence-electron chi connectivity index (χ1n) is 6.67. The molecule has 102 valence electrons. The molecule has 1 fully saturated rings. The third kappa shape index (κ3) is 2.61. The van der Waals surface area contributed by atoms with E-state index < -0.39 is 0 Å². The maximum absolute atomic E-state index is 10.7. The van der Waals surface area contributed by atoms with E-state index in [1.807, 2.05) is 11.0 Å². The summed E-state index contributed by atoms with van der Waals surface area (Å²) in [6.45, 7) is 3.34. The van der Waals surface area contributed by atoms with Crippen molar-refractivity contribution < 1.29 is 4.79 Å². The predicted octanol–water partition coefficient (Wildman–Crippen LogP) is 1.42. The Kier molecular flexibility index (Phi) is 3.58. The van der Waals surface area contributed by atoms with E-state index in [0.717, 1.165) is 43.8 Å². The lowest BCUT2D eigenvalue weighted by atomic mass is 10.1. The Labute approximate surface area is 117 Å². The van der Waals surface area contributed by atoms with E-state index in [0.29, 0.717) is 0 Å². The van der Waals surface area contributed by atoms with Crippen LogP contribution in [0.2, 0.25) is 0 Å². The first kappa shape index (κ1) is 12.6. The van der Waals surface area contributed by atoms with Gasteiger partial charge < -0.3 is 9.80 Å². The molecule has 2 heterocycles. The van der Waals surface area contributed by atoms with Gasteiger partial charge in [0, 0.05) is 43.6 Å². The number of amides is 1. The summed E-state index contributed by atoms with van der Waals surface area (Å²) < 4.78 is 0. The molecule has 0 atom stereocenters. The average molecular weight is 268 g/mol. The summed E-state index contributed by atoms with van der Waals surface area (Å²) in [7, 11) is 0. The van der Waals surface area contributed by atoms with Gasteiger partial charge in [0.1, 0.15) is 6.33 Å². The van der Waals surface area contributed by atoms with Crippen molar-refractivity contribution in [1.29, 1.82) is 0 Å². The van der Waals surface area contributed by atoms with Gasteiger partial charge in [-0.05, 0) is 18.2 Å². The molecule has 3 rings (SSSR count). The van der Waals surface area contributed by atoms with Crippen LogP contribution in [0, 0.1) is 0 Å². The van der Waals surface area contributed by atoms with Crippen molar-refractivity contribution in [2.45, 2.75) is 0 Å². The quantitative estimate of drug-likeness (QED) is 0.790. The molecule has 1 aliphatic heterocycles. The van der Waals surface area contributed by atoms with E-state index in [4.69, 9.17) is 0 Å². The van der Waals surface area contributed by atoms with Crippen LogP contribution in [0.5, 0.6) is 0 Å². The zero-order chi connectivity index (χ0) is 13.8. The number of aromatic nitrogens is 2. The molecule has 0 saturated carbocycles. The third-order valence-electron chi connectivity index (χ3n) is 3.57. The van der Waals surface area contributed by atoms with Crippen LogP contribution in [0.25, 0.3) is 11.3 Å². The molecule has 0 unspecified atom stereocenters. The number of benzene rings is 1. The average Bonchev–Trinajstić information content (AvgIpc) is 2.56. The van der Waals surface area contributed by atoms with Crippen molar-refractivity contribution in [1.82, 2.24) is 14.9 Å². The number of rotatable bonds is 3. The summed E-state index contributed by atoms with van der Waals surface area (Å²) in [5.41, 5.74) is 3.20. The molecule has 1 aliphatic rings. The fourth-order valence-corrected chi connectivity index (χ4v) is 2.39. The Morgan fingerprint density at radius 3 is 2.35 bits per heavy atom. The molecule has 1 saturated heterocycles. The Morgan fingerprint density at radius 1 is 1.00 bits per heavy atom. The van der Waals surface area contributed by atoms with E-state index in [-0.39, 0.29) is 0 Å². The molecule has 1 amide bonds. The lowest BCUT2D eigenvalue weighted by molar-refractivity contribution is -0.118. The van der Waals surface area contributed by atoms with Crippen molar-refractivity contribution in [2.75, 3.05) is 31.1 Å². The van der Waals surface area contributed by atoms with Gasteiger partial charge >= 0.3 is 0 Å². The molecule has 0 spiro atoms. The maximum atomic E-state index is 10.7. The van der Waals surface area contributed by atoms with Crippen LogP contribution in [-0.2, 0) is 4.79 Å².